The average Bonchev–Trinajstić information content (AvgIpc) is 2.95. The number of nitrogens with zero attached hydrogens (tertiary/aromatic N) is 3. The molecule has 0 atom stereocenters. The highest BCUT2D eigenvalue weighted by Gasteiger charge is 2.28. The SMILES string of the molecule is Cc1ccc2c(c1)Oc1ccc(C)cc1C(N1CCN(C(=O)c3ccc(F)cc3)CC1)=N2. The zero-order valence-corrected chi connectivity index (χ0v) is 18.1. The second kappa shape index (κ2) is 8.11. The van der Waals surface area contributed by atoms with Gasteiger partial charge in [0, 0.05) is 31.7 Å². The summed E-state index contributed by atoms with van der Waals surface area (Å²) in [5.41, 5.74) is 4.50. The number of fused-ring (bicyclic) bond motifs is 2. The minimum atomic E-state index is -0.343. The van der Waals surface area contributed by atoms with Crippen molar-refractivity contribution in [3.63, 3.8) is 0 Å². The van der Waals surface area contributed by atoms with Gasteiger partial charge < -0.3 is 14.5 Å². The molecule has 162 valence electrons. The van der Waals surface area contributed by atoms with E-state index in [1.807, 2.05) is 42.2 Å². The number of amides is 1. The van der Waals surface area contributed by atoms with Crippen LogP contribution >= 0.6 is 0 Å². The molecule has 0 aliphatic carbocycles. The predicted octanol–water partition coefficient (Wildman–Crippen LogP) is 5.08. The summed E-state index contributed by atoms with van der Waals surface area (Å²) in [5, 5.41) is 0. The summed E-state index contributed by atoms with van der Waals surface area (Å²) >= 11 is 0. The van der Waals surface area contributed by atoms with E-state index in [-0.39, 0.29) is 11.7 Å². The molecule has 0 radical (unpaired) electrons. The quantitative estimate of drug-likeness (QED) is 0.542. The van der Waals surface area contributed by atoms with Gasteiger partial charge in [0.2, 0.25) is 0 Å². The van der Waals surface area contributed by atoms with Crippen LogP contribution in [0.5, 0.6) is 11.5 Å². The Morgan fingerprint density at radius 3 is 2.31 bits per heavy atom. The number of hydrogen-bond donors (Lipinski definition) is 0. The molecular weight excluding hydrogens is 405 g/mol. The number of piperazine rings is 1. The number of amidine groups is 1. The van der Waals surface area contributed by atoms with Gasteiger partial charge in [0.15, 0.2) is 5.75 Å². The van der Waals surface area contributed by atoms with Gasteiger partial charge in [-0.25, -0.2) is 9.38 Å². The smallest absolute Gasteiger partial charge is 0.253 e. The molecule has 0 spiro atoms. The molecule has 1 saturated heterocycles. The molecule has 3 aromatic rings. The zero-order valence-electron chi connectivity index (χ0n) is 18.1. The molecule has 5 rings (SSSR count). The van der Waals surface area contributed by atoms with Crippen LogP contribution < -0.4 is 4.74 Å². The monoisotopic (exact) mass is 429 g/mol. The van der Waals surface area contributed by atoms with Crippen LogP contribution in [0, 0.1) is 19.7 Å². The molecule has 1 amide bonds. The van der Waals surface area contributed by atoms with E-state index >= 15 is 0 Å². The Morgan fingerprint density at radius 1 is 0.875 bits per heavy atom. The van der Waals surface area contributed by atoms with Crippen LogP contribution in [0.15, 0.2) is 65.7 Å². The molecule has 0 bridgehead atoms. The van der Waals surface area contributed by atoms with Crippen molar-refractivity contribution in [2.45, 2.75) is 13.8 Å². The normalized spacial score (nSPS) is 15.3. The number of aryl methyl sites for hydroxylation is 2. The van der Waals surface area contributed by atoms with Crippen LogP contribution in [0.3, 0.4) is 0 Å². The number of carbonyl (C=O) groups excluding carboxylic acids is 1. The van der Waals surface area contributed by atoms with Gasteiger partial charge in [-0.3, -0.25) is 4.79 Å². The van der Waals surface area contributed by atoms with Gasteiger partial charge in [0.1, 0.15) is 23.1 Å². The van der Waals surface area contributed by atoms with E-state index in [9.17, 15) is 9.18 Å². The van der Waals surface area contributed by atoms with Crippen molar-refractivity contribution in [1.29, 1.82) is 0 Å². The Hall–Kier alpha value is -3.67. The Balaban J connectivity index is 1.43. The standard InChI is InChI=1S/C26H24FN3O2/c1-17-4-10-23-21(15-17)25(28-22-9-3-18(2)16-24(22)32-23)29-11-13-30(14-12-29)26(31)19-5-7-20(27)8-6-19/h3-10,15-16H,11-14H2,1-2H3. The summed E-state index contributed by atoms with van der Waals surface area (Å²) < 4.78 is 19.5. The number of hydrogen-bond acceptors (Lipinski definition) is 4. The maximum absolute atomic E-state index is 13.2. The Labute approximate surface area is 186 Å². The van der Waals surface area contributed by atoms with E-state index in [0.29, 0.717) is 31.7 Å². The molecule has 0 saturated carbocycles. The lowest BCUT2D eigenvalue weighted by Gasteiger charge is -2.36. The molecule has 0 aromatic heterocycles. The minimum Gasteiger partial charge on any atom is -0.454 e. The maximum atomic E-state index is 13.2. The van der Waals surface area contributed by atoms with E-state index in [1.165, 1.54) is 24.3 Å². The van der Waals surface area contributed by atoms with E-state index in [1.54, 1.807) is 0 Å². The molecule has 2 aliphatic rings. The van der Waals surface area contributed by atoms with Crippen molar-refractivity contribution in [3.05, 3.63) is 88.7 Å². The number of halogens is 1. The van der Waals surface area contributed by atoms with Crippen molar-refractivity contribution in [1.82, 2.24) is 9.80 Å². The number of rotatable bonds is 1. The second-order valence-corrected chi connectivity index (χ2v) is 8.29. The topological polar surface area (TPSA) is 45.1 Å². The van der Waals surface area contributed by atoms with Gasteiger partial charge in [-0.15, -0.1) is 0 Å². The van der Waals surface area contributed by atoms with E-state index in [0.717, 1.165) is 39.7 Å². The van der Waals surface area contributed by atoms with Crippen LogP contribution in [-0.2, 0) is 0 Å². The summed E-state index contributed by atoms with van der Waals surface area (Å²) in [6.45, 7) is 6.53. The van der Waals surface area contributed by atoms with Gasteiger partial charge in [0.05, 0.1) is 5.56 Å². The highest BCUT2D eigenvalue weighted by Crippen LogP contribution is 2.39. The average molecular weight is 429 g/mol. The first kappa shape index (κ1) is 20.2. The first-order chi connectivity index (χ1) is 15.5. The summed E-state index contributed by atoms with van der Waals surface area (Å²) in [6, 6.07) is 17.9. The van der Waals surface area contributed by atoms with E-state index in [4.69, 9.17) is 9.73 Å². The van der Waals surface area contributed by atoms with Crippen LogP contribution in [-0.4, -0.2) is 47.7 Å². The molecule has 6 heteroatoms. The predicted molar refractivity (Wildman–Crippen MR) is 123 cm³/mol. The molecule has 0 N–H and O–H groups in total. The van der Waals surface area contributed by atoms with Crippen LogP contribution in [0.1, 0.15) is 27.0 Å². The van der Waals surface area contributed by atoms with Crippen molar-refractivity contribution >= 4 is 17.4 Å². The summed E-state index contributed by atoms with van der Waals surface area (Å²) in [5.74, 6) is 1.97. The van der Waals surface area contributed by atoms with Gasteiger partial charge in [-0.1, -0.05) is 17.7 Å². The number of benzene rings is 3. The summed E-state index contributed by atoms with van der Waals surface area (Å²) in [7, 11) is 0. The van der Waals surface area contributed by atoms with E-state index in [2.05, 4.69) is 17.9 Å². The number of carbonyl (C=O) groups is 1. The minimum absolute atomic E-state index is 0.0761. The third-order valence-electron chi connectivity index (χ3n) is 5.90. The molecule has 2 heterocycles. The van der Waals surface area contributed by atoms with Crippen molar-refractivity contribution < 1.29 is 13.9 Å². The van der Waals surface area contributed by atoms with Gasteiger partial charge in [0.25, 0.3) is 5.91 Å². The molecular formula is C26H24FN3O2. The maximum Gasteiger partial charge on any atom is 0.253 e. The Bertz CT molecular complexity index is 1210. The third kappa shape index (κ3) is 3.84. The number of ether oxygens (including phenoxy) is 1. The van der Waals surface area contributed by atoms with E-state index < -0.39 is 0 Å². The molecule has 1 fully saturated rings. The Kier molecular flexibility index (Phi) is 5.13. The van der Waals surface area contributed by atoms with Crippen LogP contribution in [0.2, 0.25) is 0 Å². The number of aliphatic imine (C=N–C) groups is 1. The highest BCUT2D eigenvalue weighted by molar-refractivity contribution is 6.04. The van der Waals surface area contributed by atoms with Crippen LogP contribution in [0.4, 0.5) is 10.1 Å². The molecule has 2 aliphatic heterocycles. The van der Waals surface area contributed by atoms with Crippen molar-refractivity contribution in [2.24, 2.45) is 4.99 Å². The fourth-order valence-electron chi connectivity index (χ4n) is 4.13. The first-order valence-electron chi connectivity index (χ1n) is 10.8. The summed E-state index contributed by atoms with van der Waals surface area (Å²) in [4.78, 5) is 21.8. The van der Waals surface area contributed by atoms with Gasteiger partial charge in [-0.05, 0) is 67.9 Å². The molecule has 32 heavy (non-hydrogen) atoms. The molecule has 5 nitrogen and oxygen atoms in total. The van der Waals surface area contributed by atoms with Crippen molar-refractivity contribution in [3.8, 4) is 11.5 Å². The lowest BCUT2D eigenvalue weighted by Crippen LogP contribution is -2.50. The fraction of sp³-hybridized carbons (Fsp3) is 0.231. The summed E-state index contributed by atoms with van der Waals surface area (Å²) in [6.07, 6.45) is 0. The highest BCUT2D eigenvalue weighted by atomic mass is 19.1. The first-order valence-corrected chi connectivity index (χ1v) is 10.8. The second-order valence-electron chi connectivity index (χ2n) is 8.29. The molecule has 3 aromatic carbocycles. The lowest BCUT2D eigenvalue weighted by atomic mass is 10.1. The molecule has 0 unspecified atom stereocenters. The van der Waals surface area contributed by atoms with Crippen molar-refractivity contribution in [2.75, 3.05) is 26.2 Å². The van der Waals surface area contributed by atoms with Gasteiger partial charge in [-0.2, -0.15) is 0 Å². The largest absolute Gasteiger partial charge is 0.454 e. The van der Waals surface area contributed by atoms with Crippen LogP contribution in [0.25, 0.3) is 0 Å². The zero-order chi connectivity index (χ0) is 22.2. The fourth-order valence-corrected chi connectivity index (χ4v) is 4.13. The lowest BCUT2D eigenvalue weighted by molar-refractivity contribution is 0.0692. The third-order valence-corrected chi connectivity index (χ3v) is 5.90. The Morgan fingerprint density at radius 2 is 1.56 bits per heavy atom. The van der Waals surface area contributed by atoms with Gasteiger partial charge >= 0.3 is 0 Å².